The molecule has 1 unspecified atom stereocenters. The van der Waals surface area contributed by atoms with Crippen molar-refractivity contribution in [3.63, 3.8) is 0 Å². The Kier molecular flexibility index (Phi) is 8.17. The van der Waals surface area contributed by atoms with Crippen LogP contribution in [0.15, 0.2) is 0 Å². The van der Waals surface area contributed by atoms with Crippen molar-refractivity contribution in [3.8, 4) is 0 Å². The van der Waals surface area contributed by atoms with Crippen LogP contribution in [0.4, 0.5) is 0 Å². The topological polar surface area (TPSA) is 60.2 Å². The van der Waals surface area contributed by atoms with Crippen molar-refractivity contribution in [1.82, 2.24) is 0 Å². The van der Waals surface area contributed by atoms with Crippen LogP contribution < -0.4 is 5.73 Å². The van der Waals surface area contributed by atoms with E-state index in [9.17, 15) is 9.59 Å². The lowest BCUT2D eigenvalue weighted by Gasteiger charge is -2.29. The molecule has 18 heavy (non-hydrogen) atoms. The SMILES string of the molecule is CC.CC(CC(C)(C)CC(=O)C(C)(C)C)C(N)=O. The molecular formula is C15H31NO2. The molecule has 3 heteroatoms. The van der Waals surface area contributed by atoms with Crippen LogP contribution in [0.3, 0.4) is 0 Å². The van der Waals surface area contributed by atoms with Crippen LogP contribution >= 0.6 is 0 Å². The number of carbonyl (C=O) groups excluding carboxylic acids is 2. The summed E-state index contributed by atoms with van der Waals surface area (Å²) < 4.78 is 0. The van der Waals surface area contributed by atoms with Crippen LogP contribution in [0.1, 0.15) is 68.2 Å². The smallest absolute Gasteiger partial charge is 0.220 e. The van der Waals surface area contributed by atoms with Gasteiger partial charge in [-0.05, 0) is 11.8 Å². The highest BCUT2D eigenvalue weighted by Gasteiger charge is 2.31. The molecule has 0 saturated carbocycles. The summed E-state index contributed by atoms with van der Waals surface area (Å²) >= 11 is 0. The minimum atomic E-state index is -0.312. The number of primary amides is 1. The van der Waals surface area contributed by atoms with E-state index in [1.165, 1.54) is 0 Å². The fourth-order valence-corrected chi connectivity index (χ4v) is 1.70. The summed E-state index contributed by atoms with van der Waals surface area (Å²) in [5, 5.41) is 0. The van der Waals surface area contributed by atoms with E-state index in [2.05, 4.69) is 0 Å². The average Bonchev–Trinajstić information content (AvgIpc) is 2.17. The second kappa shape index (κ2) is 7.55. The summed E-state index contributed by atoms with van der Waals surface area (Å²) in [6.45, 7) is 15.6. The number of amides is 1. The van der Waals surface area contributed by atoms with Gasteiger partial charge in [-0.3, -0.25) is 9.59 Å². The van der Waals surface area contributed by atoms with Gasteiger partial charge in [0.1, 0.15) is 5.78 Å². The first-order chi connectivity index (χ1) is 7.96. The van der Waals surface area contributed by atoms with Gasteiger partial charge in [0.25, 0.3) is 0 Å². The fraction of sp³-hybridized carbons (Fsp3) is 0.867. The van der Waals surface area contributed by atoms with Gasteiger partial charge >= 0.3 is 0 Å². The van der Waals surface area contributed by atoms with Crippen molar-refractivity contribution < 1.29 is 9.59 Å². The predicted molar refractivity (Wildman–Crippen MR) is 77.2 cm³/mol. The van der Waals surface area contributed by atoms with Crippen LogP contribution in [-0.4, -0.2) is 11.7 Å². The molecule has 3 nitrogen and oxygen atoms in total. The number of hydrogen-bond acceptors (Lipinski definition) is 2. The van der Waals surface area contributed by atoms with E-state index in [1.54, 1.807) is 0 Å². The molecular weight excluding hydrogens is 226 g/mol. The first-order valence-electron chi connectivity index (χ1n) is 6.78. The highest BCUT2D eigenvalue weighted by Crippen LogP contribution is 2.33. The normalized spacial score (nSPS) is 13.3. The van der Waals surface area contributed by atoms with E-state index in [0.29, 0.717) is 12.8 Å². The third-order valence-corrected chi connectivity index (χ3v) is 2.82. The monoisotopic (exact) mass is 257 g/mol. The average molecular weight is 257 g/mol. The first kappa shape index (κ1) is 19.5. The molecule has 0 aliphatic heterocycles. The zero-order valence-electron chi connectivity index (χ0n) is 13.4. The molecule has 0 bridgehead atoms. The van der Waals surface area contributed by atoms with Gasteiger partial charge in [-0.15, -0.1) is 0 Å². The molecule has 0 aromatic carbocycles. The number of ketones is 1. The van der Waals surface area contributed by atoms with Crippen LogP contribution in [0.25, 0.3) is 0 Å². The maximum absolute atomic E-state index is 11.9. The van der Waals surface area contributed by atoms with Crippen LogP contribution in [-0.2, 0) is 9.59 Å². The molecule has 0 spiro atoms. The largest absolute Gasteiger partial charge is 0.369 e. The summed E-state index contributed by atoms with van der Waals surface area (Å²) in [4.78, 5) is 22.9. The predicted octanol–water partition coefficient (Wildman–Crippen LogP) is 3.56. The van der Waals surface area contributed by atoms with Crippen LogP contribution in [0, 0.1) is 16.7 Å². The van der Waals surface area contributed by atoms with Crippen LogP contribution in [0.5, 0.6) is 0 Å². The summed E-state index contributed by atoms with van der Waals surface area (Å²) in [7, 11) is 0. The minimum absolute atomic E-state index is 0.168. The molecule has 0 aromatic rings. The second-order valence-corrected chi connectivity index (χ2v) is 6.52. The minimum Gasteiger partial charge on any atom is -0.369 e. The molecule has 0 aliphatic carbocycles. The van der Waals surface area contributed by atoms with Gasteiger partial charge in [0.15, 0.2) is 0 Å². The van der Waals surface area contributed by atoms with Gasteiger partial charge in [-0.1, -0.05) is 55.4 Å². The summed E-state index contributed by atoms with van der Waals surface area (Å²) in [5.74, 6) is -0.242. The van der Waals surface area contributed by atoms with Crippen molar-refractivity contribution in [2.24, 2.45) is 22.5 Å². The van der Waals surface area contributed by atoms with Crippen molar-refractivity contribution >= 4 is 11.7 Å². The molecule has 0 radical (unpaired) electrons. The zero-order chi connectivity index (χ0) is 15.1. The van der Waals surface area contributed by atoms with Gasteiger partial charge in [0, 0.05) is 17.8 Å². The molecule has 0 rings (SSSR count). The first-order valence-corrected chi connectivity index (χ1v) is 6.78. The Morgan fingerprint density at radius 1 is 1.06 bits per heavy atom. The molecule has 0 fully saturated rings. The standard InChI is InChI=1S/C13H25NO2.C2H6/c1-9(11(14)16)7-13(5,6)8-10(15)12(2,3)4;1-2/h9H,7-8H2,1-6H3,(H2,14,16);1-2H3. The fourth-order valence-electron chi connectivity index (χ4n) is 1.70. The molecule has 0 heterocycles. The molecule has 108 valence electrons. The molecule has 1 amide bonds. The van der Waals surface area contributed by atoms with E-state index in [-0.39, 0.29) is 28.4 Å². The lowest BCUT2D eigenvalue weighted by Crippen LogP contribution is -2.31. The highest BCUT2D eigenvalue weighted by molar-refractivity contribution is 5.84. The number of Topliss-reactive ketones (excluding diaryl/α,β-unsaturated/α-hetero) is 1. The Hall–Kier alpha value is -0.860. The number of carbonyl (C=O) groups is 2. The third-order valence-electron chi connectivity index (χ3n) is 2.82. The molecule has 0 aliphatic rings. The Bertz CT molecular complexity index is 275. The Morgan fingerprint density at radius 2 is 1.44 bits per heavy atom. The number of rotatable bonds is 5. The maximum Gasteiger partial charge on any atom is 0.220 e. The zero-order valence-corrected chi connectivity index (χ0v) is 13.4. The molecule has 0 aromatic heterocycles. The van der Waals surface area contributed by atoms with Crippen molar-refractivity contribution in [3.05, 3.63) is 0 Å². The maximum atomic E-state index is 11.9. The lowest BCUT2D eigenvalue weighted by atomic mass is 9.74. The van der Waals surface area contributed by atoms with E-state index >= 15 is 0 Å². The van der Waals surface area contributed by atoms with Gasteiger partial charge in [-0.2, -0.15) is 0 Å². The quantitative estimate of drug-likeness (QED) is 0.818. The van der Waals surface area contributed by atoms with E-state index < -0.39 is 0 Å². The van der Waals surface area contributed by atoms with Crippen molar-refractivity contribution in [2.45, 2.75) is 68.2 Å². The van der Waals surface area contributed by atoms with Crippen LogP contribution in [0.2, 0.25) is 0 Å². The Morgan fingerprint density at radius 3 is 1.72 bits per heavy atom. The van der Waals surface area contributed by atoms with E-state index in [4.69, 9.17) is 5.73 Å². The van der Waals surface area contributed by atoms with Gasteiger partial charge in [0.05, 0.1) is 0 Å². The van der Waals surface area contributed by atoms with E-state index in [1.807, 2.05) is 55.4 Å². The number of hydrogen-bond donors (Lipinski definition) is 1. The van der Waals surface area contributed by atoms with Gasteiger partial charge in [0.2, 0.25) is 5.91 Å². The third kappa shape index (κ3) is 8.26. The highest BCUT2D eigenvalue weighted by atomic mass is 16.1. The molecule has 1 atom stereocenters. The van der Waals surface area contributed by atoms with Crippen molar-refractivity contribution in [1.29, 1.82) is 0 Å². The van der Waals surface area contributed by atoms with Crippen molar-refractivity contribution in [2.75, 3.05) is 0 Å². The summed E-state index contributed by atoms with van der Waals surface area (Å²) in [6.07, 6.45) is 1.15. The second-order valence-electron chi connectivity index (χ2n) is 6.52. The lowest BCUT2D eigenvalue weighted by molar-refractivity contribution is -0.129. The number of nitrogens with two attached hydrogens (primary N) is 1. The summed E-state index contributed by atoms with van der Waals surface area (Å²) in [5.41, 5.74) is 4.76. The summed E-state index contributed by atoms with van der Waals surface area (Å²) in [6, 6.07) is 0. The molecule has 2 N–H and O–H groups in total. The molecule has 0 saturated heterocycles. The Labute approximate surface area is 113 Å². The van der Waals surface area contributed by atoms with E-state index in [0.717, 1.165) is 0 Å². The Balaban J connectivity index is 0. The van der Waals surface area contributed by atoms with Gasteiger partial charge < -0.3 is 5.73 Å². The van der Waals surface area contributed by atoms with Gasteiger partial charge in [-0.25, -0.2) is 0 Å².